The minimum atomic E-state index is -1.16. The molecule has 5 atom stereocenters. The van der Waals surface area contributed by atoms with Crippen LogP contribution in [0.2, 0.25) is 0 Å². The van der Waals surface area contributed by atoms with E-state index in [1.54, 1.807) is 39.2 Å². The number of carbonyl (C=O) groups excluding carboxylic acids is 3. The maximum Gasteiger partial charge on any atom is 0.310 e. The summed E-state index contributed by atoms with van der Waals surface area (Å²) in [6, 6.07) is 5.21. The summed E-state index contributed by atoms with van der Waals surface area (Å²) >= 11 is 6.42. The summed E-state index contributed by atoms with van der Waals surface area (Å²) in [4.78, 5) is 37.2. The van der Waals surface area contributed by atoms with Crippen molar-refractivity contribution < 1.29 is 47.9 Å². The quantitative estimate of drug-likeness (QED) is 0.227. The molecule has 2 heterocycles. The van der Waals surface area contributed by atoms with Gasteiger partial charge in [-0.3, -0.25) is 14.4 Å². The number of carbonyl (C=O) groups is 3. The van der Waals surface area contributed by atoms with Crippen molar-refractivity contribution in [3.63, 3.8) is 0 Å². The molecular formula is C32H41ClO10. The average molecular weight is 621 g/mol. The molecule has 1 aromatic carbocycles. The molecular weight excluding hydrogens is 580 g/mol. The van der Waals surface area contributed by atoms with Gasteiger partial charge in [-0.05, 0) is 50.8 Å². The number of allylic oxidation sites excluding steroid dienone is 3. The molecule has 0 aromatic heterocycles. The van der Waals surface area contributed by atoms with Crippen molar-refractivity contribution in [2.24, 2.45) is 0 Å². The first kappa shape index (κ1) is 34.2. The van der Waals surface area contributed by atoms with Crippen LogP contribution in [0.3, 0.4) is 0 Å². The number of hydrogen-bond donors (Lipinski definition) is 1. The molecule has 11 heteroatoms. The van der Waals surface area contributed by atoms with Crippen LogP contribution < -0.4 is 9.47 Å². The van der Waals surface area contributed by atoms with Gasteiger partial charge in [0.2, 0.25) is 0 Å². The first-order valence-electron chi connectivity index (χ1n) is 14.2. The van der Waals surface area contributed by atoms with Gasteiger partial charge in [0.05, 0.1) is 33.2 Å². The summed E-state index contributed by atoms with van der Waals surface area (Å²) < 4.78 is 33.2. The molecule has 2 aliphatic heterocycles. The van der Waals surface area contributed by atoms with E-state index < -0.39 is 42.3 Å². The minimum absolute atomic E-state index is 0.00722. The summed E-state index contributed by atoms with van der Waals surface area (Å²) in [7, 11) is 3.07. The van der Waals surface area contributed by atoms with E-state index in [9.17, 15) is 19.5 Å². The standard InChI is InChI=1S/C32H41ClO10/c1-19(14-30(36)40-18-22-9-11-24(38-4)15-28(22)39-5)13-26(35)32-29-16-25(42-32)12-10-23(33)8-6-7-20(2)27(41-21(3)34)17-31(37)43-29/h7-9,11,13,15,25-27,29,32,35H,6,10,12,14,16-18H2,1-5H3/b19-13+,20-7-,23-8+/t25?,26-,27-,29-,32-/m1/s1. The van der Waals surface area contributed by atoms with Crippen LogP contribution in [0.1, 0.15) is 64.9 Å². The largest absolute Gasteiger partial charge is 0.497 e. The molecule has 0 saturated carbocycles. The van der Waals surface area contributed by atoms with Crippen LogP contribution in [-0.2, 0) is 39.9 Å². The van der Waals surface area contributed by atoms with E-state index in [0.29, 0.717) is 58.9 Å². The second kappa shape index (κ2) is 16.5. The van der Waals surface area contributed by atoms with E-state index in [2.05, 4.69) is 0 Å². The molecule has 1 N–H and O–H groups in total. The van der Waals surface area contributed by atoms with Crippen LogP contribution in [-0.4, -0.2) is 67.8 Å². The smallest absolute Gasteiger partial charge is 0.310 e. The summed E-state index contributed by atoms with van der Waals surface area (Å²) in [5.74, 6) is -0.421. The Morgan fingerprint density at radius 3 is 2.65 bits per heavy atom. The Bertz CT molecular complexity index is 1240. The van der Waals surface area contributed by atoms with E-state index in [4.69, 9.17) is 40.0 Å². The highest BCUT2D eigenvalue weighted by Gasteiger charge is 2.41. The van der Waals surface area contributed by atoms with Crippen molar-refractivity contribution in [1.82, 2.24) is 0 Å². The van der Waals surface area contributed by atoms with Gasteiger partial charge in [0, 0.05) is 30.0 Å². The first-order valence-corrected chi connectivity index (χ1v) is 14.6. The Hall–Kier alpha value is -3.34. The Morgan fingerprint density at radius 1 is 1.19 bits per heavy atom. The molecule has 0 spiro atoms. The molecule has 1 fully saturated rings. The first-order chi connectivity index (χ1) is 20.5. The van der Waals surface area contributed by atoms with Gasteiger partial charge in [0.25, 0.3) is 0 Å². The number of methoxy groups -OCH3 is 2. The van der Waals surface area contributed by atoms with Crippen LogP contribution in [0.5, 0.6) is 11.5 Å². The fraction of sp³-hybridized carbons (Fsp3) is 0.531. The molecule has 10 nitrogen and oxygen atoms in total. The number of benzene rings is 1. The zero-order chi connectivity index (χ0) is 31.5. The molecule has 43 heavy (non-hydrogen) atoms. The highest BCUT2D eigenvalue weighted by atomic mass is 35.5. The monoisotopic (exact) mass is 620 g/mol. The van der Waals surface area contributed by atoms with Gasteiger partial charge in [-0.25, -0.2) is 0 Å². The summed E-state index contributed by atoms with van der Waals surface area (Å²) in [6.07, 6.45) is 3.15. The van der Waals surface area contributed by atoms with E-state index >= 15 is 0 Å². The van der Waals surface area contributed by atoms with Gasteiger partial charge < -0.3 is 33.5 Å². The van der Waals surface area contributed by atoms with Gasteiger partial charge in [-0.15, -0.1) is 0 Å². The number of aliphatic hydroxyl groups excluding tert-OH is 1. The predicted molar refractivity (Wildman–Crippen MR) is 159 cm³/mol. The summed E-state index contributed by atoms with van der Waals surface area (Å²) in [6.45, 7) is 4.77. The highest BCUT2D eigenvalue weighted by molar-refractivity contribution is 6.29. The fourth-order valence-electron chi connectivity index (χ4n) is 4.98. The van der Waals surface area contributed by atoms with Gasteiger partial charge in [-0.1, -0.05) is 35.4 Å². The van der Waals surface area contributed by atoms with Crippen molar-refractivity contribution in [3.05, 3.63) is 58.2 Å². The lowest BCUT2D eigenvalue weighted by Gasteiger charge is -2.24. The normalized spacial score (nSPS) is 26.5. The van der Waals surface area contributed by atoms with Crippen molar-refractivity contribution >= 4 is 29.5 Å². The maximum absolute atomic E-state index is 12.9. The number of ether oxygens (including phenoxy) is 6. The zero-order valence-corrected chi connectivity index (χ0v) is 26.1. The number of aliphatic hydroxyl groups is 1. The zero-order valence-electron chi connectivity index (χ0n) is 25.3. The molecule has 1 saturated heterocycles. The van der Waals surface area contributed by atoms with Crippen LogP contribution in [0.25, 0.3) is 0 Å². The van der Waals surface area contributed by atoms with Crippen LogP contribution >= 0.6 is 11.6 Å². The van der Waals surface area contributed by atoms with Crippen molar-refractivity contribution in [2.45, 2.75) is 96.4 Å². The lowest BCUT2D eigenvalue weighted by Crippen LogP contribution is -2.37. The van der Waals surface area contributed by atoms with Crippen molar-refractivity contribution in [3.8, 4) is 11.5 Å². The third-order valence-corrected chi connectivity index (χ3v) is 7.59. The average Bonchev–Trinajstić information content (AvgIpc) is 3.36. The van der Waals surface area contributed by atoms with Gasteiger partial charge >= 0.3 is 17.9 Å². The molecule has 0 radical (unpaired) electrons. The Morgan fingerprint density at radius 2 is 1.95 bits per heavy atom. The lowest BCUT2D eigenvalue weighted by molar-refractivity contribution is -0.159. The fourth-order valence-corrected chi connectivity index (χ4v) is 5.18. The van der Waals surface area contributed by atoms with Gasteiger partial charge in [0.15, 0.2) is 0 Å². The number of rotatable bonds is 9. The molecule has 0 amide bonds. The molecule has 236 valence electrons. The van der Waals surface area contributed by atoms with Crippen LogP contribution in [0, 0.1) is 0 Å². The topological polar surface area (TPSA) is 127 Å². The summed E-state index contributed by atoms with van der Waals surface area (Å²) in [5.41, 5.74) is 1.95. The highest BCUT2D eigenvalue weighted by Crippen LogP contribution is 2.32. The minimum Gasteiger partial charge on any atom is -0.497 e. The molecule has 0 aliphatic carbocycles. The van der Waals surface area contributed by atoms with Crippen molar-refractivity contribution in [1.29, 1.82) is 0 Å². The summed E-state index contributed by atoms with van der Waals surface area (Å²) in [5, 5.41) is 11.8. The molecule has 1 aromatic rings. The van der Waals surface area contributed by atoms with E-state index in [1.165, 1.54) is 20.1 Å². The molecule has 1 unspecified atom stereocenters. The Balaban J connectivity index is 1.67. The SMILES string of the molecule is COc1ccc(COC(=O)C/C(C)=C/[C@@H](O)[C@H]2OC3CC/C(Cl)=C\C/C=C(/C)[C@H](OC(C)=O)CC(=O)O[C@@H]2C3)c(OC)c1. The van der Waals surface area contributed by atoms with Crippen LogP contribution in [0.15, 0.2) is 52.6 Å². The Kier molecular flexibility index (Phi) is 13.1. The third kappa shape index (κ3) is 10.7. The van der Waals surface area contributed by atoms with Crippen molar-refractivity contribution in [2.75, 3.05) is 14.2 Å². The van der Waals surface area contributed by atoms with E-state index in [0.717, 1.165) is 0 Å². The van der Waals surface area contributed by atoms with Gasteiger partial charge in [-0.2, -0.15) is 0 Å². The van der Waals surface area contributed by atoms with Gasteiger partial charge in [0.1, 0.15) is 42.5 Å². The van der Waals surface area contributed by atoms with E-state index in [-0.39, 0.29) is 25.6 Å². The number of hydrogen-bond acceptors (Lipinski definition) is 10. The molecule has 3 rings (SSSR count). The lowest BCUT2D eigenvalue weighted by atomic mass is 10.0. The van der Waals surface area contributed by atoms with E-state index in [1.807, 2.05) is 12.2 Å². The number of halogens is 1. The number of esters is 3. The second-order valence-electron chi connectivity index (χ2n) is 10.7. The third-order valence-electron chi connectivity index (χ3n) is 7.24. The Labute approximate surface area is 257 Å². The number of fused-ring (bicyclic) bond motifs is 2. The second-order valence-corrected chi connectivity index (χ2v) is 11.2. The van der Waals surface area contributed by atoms with Crippen LogP contribution in [0.4, 0.5) is 0 Å². The molecule has 2 bridgehead atoms. The predicted octanol–water partition coefficient (Wildman–Crippen LogP) is 5.09. The molecule has 2 aliphatic rings. The maximum atomic E-state index is 12.9.